The fourth-order valence-electron chi connectivity index (χ4n) is 6.18. The number of benzene rings is 2. The SMILES string of the molecule is C[C@@H]1CN(c2ccc(C=O)c(Oc3cnc4[nH]ccc4c3)c2)CCN1CC1=C(c2ccc(Cl)cc2)CC(C)(C)CC1. The molecular formula is C34H37ClN4O2. The molecule has 1 atom stereocenters. The van der Waals surface area contributed by atoms with E-state index in [1.54, 1.807) is 11.8 Å². The van der Waals surface area contributed by atoms with Crippen LogP contribution < -0.4 is 9.64 Å². The van der Waals surface area contributed by atoms with Crippen molar-refractivity contribution < 1.29 is 9.53 Å². The van der Waals surface area contributed by atoms with E-state index in [0.29, 0.717) is 28.5 Å². The van der Waals surface area contributed by atoms with E-state index in [1.165, 1.54) is 17.6 Å². The molecule has 2 aliphatic rings. The lowest BCUT2D eigenvalue weighted by Gasteiger charge is -2.43. The zero-order valence-corrected chi connectivity index (χ0v) is 24.7. The summed E-state index contributed by atoms with van der Waals surface area (Å²) in [6.45, 7) is 10.9. The summed E-state index contributed by atoms with van der Waals surface area (Å²) in [6.07, 6.45) is 7.82. The zero-order valence-electron chi connectivity index (χ0n) is 24.0. The number of piperazine rings is 1. The summed E-state index contributed by atoms with van der Waals surface area (Å²) < 4.78 is 6.18. The lowest BCUT2D eigenvalue weighted by atomic mass is 9.72. The Morgan fingerprint density at radius 2 is 1.95 bits per heavy atom. The molecule has 0 saturated carbocycles. The van der Waals surface area contributed by atoms with Gasteiger partial charge in [-0.15, -0.1) is 0 Å². The van der Waals surface area contributed by atoms with E-state index in [-0.39, 0.29) is 0 Å². The molecule has 2 aromatic heterocycles. The first-order chi connectivity index (χ1) is 19.8. The minimum absolute atomic E-state index is 0.305. The van der Waals surface area contributed by atoms with Crippen LogP contribution in [0.5, 0.6) is 11.5 Å². The molecule has 0 bridgehead atoms. The Bertz CT molecular complexity index is 1590. The number of halogens is 1. The van der Waals surface area contributed by atoms with E-state index in [9.17, 15) is 4.79 Å². The van der Waals surface area contributed by atoms with Crippen molar-refractivity contribution in [2.45, 2.75) is 46.1 Å². The molecule has 1 aliphatic heterocycles. The number of rotatable bonds is 7. The van der Waals surface area contributed by atoms with Crippen molar-refractivity contribution in [1.82, 2.24) is 14.9 Å². The number of allylic oxidation sites excluding steroid dienone is 1. The third-order valence-corrected chi connectivity index (χ3v) is 8.88. The van der Waals surface area contributed by atoms with Crippen LogP contribution in [0.1, 0.15) is 56.0 Å². The van der Waals surface area contributed by atoms with Crippen molar-refractivity contribution in [3.8, 4) is 11.5 Å². The first-order valence-corrected chi connectivity index (χ1v) is 14.8. The van der Waals surface area contributed by atoms with Gasteiger partial charge in [-0.1, -0.05) is 43.2 Å². The predicted molar refractivity (Wildman–Crippen MR) is 167 cm³/mol. The highest BCUT2D eigenvalue weighted by Gasteiger charge is 2.31. The molecule has 2 aromatic carbocycles. The summed E-state index contributed by atoms with van der Waals surface area (Å²) >= 11 is 6.21. The maximum atomic E-state index is 11.8. The highest BCUT2D eigenvalue weighted by Crippen LogP contribution is 2.43. The quantitative estimate of drug-likeness (QED) is 0.229. The number of H-pyrrole nitrogens is 1. The van der Waals surface area contributed by atoms with Gasteiger partial charge in [-0.05, 0) is 79.1 Å². The van der Waals surface area contributed by atoms with Gasteiger partial charge in [-0.3, -0.25) is 9.69 Å². The number of nitrogens with zero attached hydrogens (tertiary/aromatic N) is 3. The van der Waals surface area contributed by atoms with Gasteiger partial charge in [0.15, 0.2) is 6.29 Å². The van der Waals surface area contributed by atoms with Crippen LogP contribution in [0.3, 0.4) is 0 Å². The Balaban J connectivity index is 1.18. The number of ether oxygens (including phenoxy) is 1. The van der Waals surface area contributed by atoms with E-state index in [0.717, 1.165) is 67.1 Å². The normalized spacial score (nSPS) is 19.5. The van der Waals surface area contributed by atoms with Crippen LogP contribution >= 0.6 is 11.6 Å². The number of pyridine rings is 1. The highest BCUT2D eigenvalue weighted by molar-refractivity contribution is 6.30. The van der Waals surface area contributed by atoms with E-state index >= 15 is 0 Å². The average molecular weight is 569 g/mol. The number of nitrogens with one attached hydrogen (secondary N) is 1. The van der Waals surface area contributed by atoms with Crippen LogP contribution in [-0.4, -0.2) is 53.4 Å². The van der Waals surface area contributed by atoms with Gasteiger partial charge in [0.05, 0.1) is 11.8 Å². The second-order valence-corrected chi connectivity index (χ2v) is 12.7. The Hall–Kier alpha value is -3.61. The Morgan fingerprint density at radius 1 is 1.12 bits per heavy atom. The number of aldehydes is 1. The van der Waals surface area contributed by atoms with Crippen molar-refractivity contribution in [3.05, 3.63) is 88.7 Å². The first-order valence-electron chi connectivity index (χ1n) is 14.4. The molecule has 7 heteroatoms. The summed E-state index contributed by atoms with van der Waals surface area (Å²) in [5.74, 6) is 1.16. The molecule has 1 aliphatic carbocycles. The van der Waals surface area contributed by atoms with Crippen LogP contribution in [-0.2, 0) is 0 Å². The molecule has 0 unspecified atom stereocenters. The van der Waals surface area contributed by atoms with Gasteiger partial charge in [0.2, 0.25) is 0 Å². The predicted octanol–water partition coefficient (Wildman–Crippen LogP) is 8.00. The molecule has 3 heterocycles. The number of aromatic nitrogens is 2. The van der Waals surface area contributed by atoms with Gasteiger partial charge >= 0.3 is 0 Å². The van der Waals surface area contributed by atoms with E-state index in [2.05, 4.69) is 52.7 Å². The Morgan fingerprint density at radius 3 is 2.73 bits per heavy atom. The molecular weight excluding hydrogens is 532 g/mol. The van der Waals surface area contributed by atoms with Crippen LogP contribution in [0.2, 0.25) is 5.02 Å². The van der Waals surface area contributed by atoms with Crippen molar-refractivity contribution in [3.63, 3.8) is 0 Å². The maximum absolute atomic E-state index is 11.8. The summed E-state index contributed by atoms with van der Waals surface area (Å²) in [7, 11) is 0. The number of anilines is 1. The third-order valence-electron chi connectivity index (χ3n) is 8.63. The minimum atomic E-state index is 0.305. The summed E-state index contributed by atoms with van der Waals surface area (Å²) in [5, 5.41) is 1.75. The van der Waals surface area contributed by atoms with Gasteiger partial charge in [-0.25, -0.2) is 4.98 Å². The van der Waals surface area contributed by atoms with Crippen molar-refractivity contribution in [1.29, 1.82) is 0 Å². The van der Waals surface area contributed by atoms with Gasteiger partial charge in [0.1, 0.15) is 17.1 Å². The average Bonchev–Trinajstić information content (AvgIpc) is 3.43. The molecule has 1 N–H and O–H groups in total. The summed E-state index contributed by atoms with van der Waals surface area (Å²) in [5.41, 5.74) is 7.06. The topological polar surface area (TPSA) is 61.5 Å². The number of hydrogen-bond donors (Lipinski definition) is 1. The number of fused-ring (bicyclic) bond motifs is 1. The second-order valence-electron chi connectivity index (χ2n) is 12.2. The molecule has 6 rings (SSSR count). The second kappa shape index (κ2) is 11.3. The molecule has 0 amide bonds. The number of carbonyl (C=O) groups excluding carboxylic acids is 1. The summed E-state index contributed by atoms with van der Waals surface area (Å²) in [4.78, 5) is 24.3. The van der Waals surface area contributed by atoms with E-state index in [4.69, 9.17) is 16.3 Å². The fraction of sp³-hybridized carbons (Fsp3) is 0.353. The van der Waals surface area contributed by atoms with Gasteiger partial charge in [0, 0.05) is 60.6 Å². The molecule has 1 saturated heterocycles. The monoisotopic (exact) mass is 568 g/mol. The van der Waals surface area contributed by atoms with Crippen molar-refractivity contribution in [2.75, 3.05) is 31.1 Å². The standard InChI is InChI=1S/C34H37ClN4O2/c1-23-20-39(29-9-6-27(22-40)32(17-29)41-30-16-25-11-13-36-33(25)37-19-30)15-14-38(23)21-26-10-12-34(2,3)18-31(26)24-4-7-28(35)8-5-24/h4-9,11,13,16-17,19,22-23H,10,12,14-15,18,20-21H2,1-3H3,(H,36,37)/t23-/m1/s1. The Labute approximate surface area is 247 Å². The molecule has 0 radical (unpaired) electrons. The largest absolute Gasteiger partial charge is 0.455 e. The van der Waals surface area contributed by atoms with Crippen LogP contribution in [0.4, 0.5) is 5.69 Å². The van der Waals surface area contributed by atoms with Crippen molar-refractivity contribution >= 4 is 40.2 Å². The van der Waals surface area contributed by atoms with Crippen molar-refractivity contribution in [2.24, 2.45) is 5.41 Å². The molecule has 1 fully saturated rings. The number of carbonyl (C=O) groups is 1. The van der Waals surface area contributed by atoms with Gasteiger partial charge in [-0.2, -0.15) is 0 Å². The number of aromatic amines is 1. The lowest BCUT2D eigenvalue weighted by Crippen LogP contribution is -2.52. The molecule has 41 heavy (non-hydrogen) atoms. The third kappa shape index (κ3) is 6.04. The lowest BCUT2D eigenvalue weighted by molar-refractivity contribution is 0.112. The van der Waals surface area contributed by atoms with Crippen LogP contribution in [0.25, 0.3) is 16.6 Å². The maximum Gasteiger partial charge on any atom is 0.153 e. The van der Waals surface area contributed by atoms with Gasteiger partial charge in [0.25, 0.3) is 0 Å². The van der Waals surface area contributed by atoms with Crippen LogP contribution in [0, 0.1) is 5.41 Å². The molecule has 0 spiro atoms. The molecule has 212 valence electrons. The van der Waals surface area contributed by atoms with Crippen LogP contribution in [0.15, 0.2) is 72.6 Å². The van der Waals surface area contributed by atoms with E-state index in [1.807, 2.05) is 48.7 Å². The zero-order chi connectivity index (χ0) is 28.6. The molecule has 6 nitrogen and oxygen atoms in total. The van der Waals surface area contributed by atoms with Gasteiger partial charge < -0.3 is 14.6 Å². The van der Waals surface area contributed by atoms with E-state index < -0.39 is 0 Å². The molecule has 4 aromatic rings. The number of hydrogen-bond acceptors (Lipinski definition) is 5. The smallest absolute Gasteiger partial charge is 0.153 e. The highest BCUT2D eigenvalue weighted by atomic mass is 35.5. The fourth-order valence-corrected chi connectivity index (χ4v) is 6.31. The minimum Gasteiger partial charge on any atom is -0.455 e. The Kier molecular flexibility index (Phi) is 7.62. The first kappa shape index (κ1) is 27.6. The summed E-state index contributed by atoms with van der Waals surface area (Å²) in [6, 6.07) is 18.5.